The largest absolute Gasteiger partial charge is 0.141 e. The number of halogens is 2. The van der Waals surface area contributed by atoms with Crippen LogP contribution in [0, 0.1) is 0 Å². The fourth-order valence-corrected chi connectivity index (χ4v) is 3.52. The fraction of sp³-hybridized carbons (Fsp3) is 0. The van der Waals surface area contributed by atoms with Crippen LogP contribution in [0.15, 0.2) is 22.9 Å². The molecule has 0 spiro atoms. The van der Waals surface area contributed by atoms with Crippen molar-refractivity contribution in [2.75, 3.05) is 0 Å². The monoisotopic (exact) mass is 234 g/mol. The third-order valence-corrected chi connectivity index (χ3v) is 4.29. The molecular formula is C8H4Cl2S2. The van der Waals surface area contributed by atoms with E-state index in [2.05, 4.69) is 0 Å². The van der Waals surface area contributed by atoms with E-state index in [9.17, 15) is 0 Å². The molecule has 2 aromatic heterocycles. The van der Waals surface area contributed by atoms with Crippen LogP contribution in [0.25, 0.3) is 9.75 Å². The Morgan fingerprint density at radius 3 is 1.50 bits per heavy atom. The highest BCUT2D eigenvalue weighted by Crippen LogP contribution is 2.40. The van der Waals surface area contributed by atoms with E-state index in [4.69, 9.17) is 23.2 Å². The van der Waals surface area contributed by atoms with Crippen LogP contribution < -0.4 is 0 Å². The third kappa shape index (κ3) is 1.40. The van der Waals surface area contributed by atoms with Gasteiger partial charge in [0, 0.05) is 0 Å². The van der Waals surface area contributed by atoms with Gasteiger partial charge in [-0.05, 0) is 22.9 Å². The normalized spacial score (nSPS) is 10.5. The average Bonchev–Trinajstić information content (AvgIpc) is 2.59. The Kier molecular flexibility index (Phi) is 2.42. The Balaban J connectivity index is 2.57. The second kappa shape index (κ2) is 3.38. The van der Waals surface area contributed by atoms with Gasteiger partial charge in [-0.25, -0.2) is 0 Å². The summed E-state index contributed by atoms with van der Waals surface area (Å²) in [7, 11) is 0. The highest BCUT2D eigenvalue weighted by atomic mass is 35.5. The summed E-state index contributed by atoms with van der Waals surface area (Å²) >= 11 is 15.2. The van der Waals surface area contributed by atoms with Gasteiger partial charge in [0.05, 0.1) is 19.8 Å². The van der Waals surface area contributed by atoms with Crippen LogP contribution in [0.4, 0.5) is 0 Å². The van der Waals surface area contributed by atoms with Crippen molar-refractivity contribution in [3.8, 4) is 9.75 Å². The summed E-state index contributed by atoms with van der Waals surface area (Å²) in [6.45, 7) is 0. The zero-order valence-electron chi connectivity index (χ0n) is 5.88. The predicted molar refractivity (Wildman–Crippen MR) is 57.7 cm³/mol. The summed E-state index contributed by atoms with van der Waals surface area (Å²) in [5.41, 5.74) is 0. The van der Waals surface area contributed by atoms with E-state index >= 15 is 0 Å². The van der Waals surface area contributed by atoms with Crippen molar-refractivity contribution in [2.45, 2.75) is 0 Å². The molecule has 0 bridgehead atoms. The Hall–Kier alpha value is -0.0200. The van der Waals surface area contributed by atoms with E-state index in [0.717, 1.165) is 19.8 Å². The highest BCUT2D eigenvalue weighted by molar-refractivity contribution is 7.21. The summed E-state index contributed by atoms with van der Waals surface area (Å²) < 4.78 is 0. The predicted octanol–water partition coefficient (Wildman–Crippen LogP) is 4.78. The second-order valence-corrected chi connectivity index (χ2v) is 4.84. The highest BCUT2D eigenvalue weighted by Gasteiger charge is 2.09. The smallest absolute Gasteiger partial charge is 0.0643 e. The van der Waals surface area contributed by atoms with Gasteiger partial charge in [-0.2, -0.15) is 0 Å². The van der Waals surface area contributed by atoms with Crippen molar-refractivity contribution in [1.29, 1.82) is 0 Å². The minimum Gasteiger partial charge on any atom is -0.141 e. The molecule has 0 radical (unpaired) electrons. The van der Waals surface area contributed by atoms with Gasteiger partial charge in [0.15, 0.2) is 0 Å². The van der Waals surface area contributed by atoms with Crippen LogP contribution in [0.1, 0.15) is 0 Å². The SMILES string of the molecule is Clc1ccsc1-c1sccc1Cl. The first-order chi connectivity index (χ1) is 5.79. The van der Waals surface area contributed by atoms with Gasteiger partial charge in [-0.3, -0.25) is 0 Å². The molecule has 0 fully saturated rings. The maximum atomic E-state index is 5.96. The topological polar surface area (TPSA) is 0 Å². The molecule has 0 saturated heterocycles. The van der Waals surface area contributed by atoms with E-state index in [1.807, 2.05) is 22.9 Å². The van der Waals surface area contributed by atoms with Crippen LogP contribution in [-0.4, -0.2) is 0 Å². The van der Waals surface area contributed by atoms with E-state index in [1.165, 1.54) is 0 Å². The maximum absolute atomic E-state index is 5.96. The molecule has 0 aliphatic heterocycles. The Labute approximate surface area is 88.4 Å². The molecule has 0 saturated carbocycles. The average molecular weight is 235 g/mol. The molecule has 2 heterocycles. The first-order valence-corrected chi connectivity index (χ1v) is 5.77. The lowest BCUT2D eigenvalue weighted by Gasteiger charge is -1.93. The minimum atomic E-state index is 0.782. The van der Waals surface area contributed by atoms with Gasteiger partial charge in [-0.1, -0.05) is 23.2 Å². The second-order valence-electron chi connectivity index (χ2n) is 2.20. The zero-order valence-corrected chi connectivity index (χ0v) is 9.03. The first-order valence-electron chi connectivity index (χ1n) is 3.25. The molecule has 0 unspecified atom stereocenters. The maximum Gasteiger partial charge on any atom is 0.0643 e. The van der Waals surface area contributed by atoms with Crippen molar-refractivity contribution in [1.82, 2.24) is 0 Å². The van der Waals surface area contributed by atoms with Crippen molar-refractivity contribution < 1.29 is 0 Å². The molecule has 12 heavy (non-hydrogen) atoms. The molecule has 2 aromatic rings. The molecular weight excluding hydrogens is 231 g/mol. The van der Waals surface area contributed by atoms with Crippen LogP contribution in [0.2, 0.25) is 10.0 Å². The lowest BCUT2D eigenvalue weighted by atomic mass is 10.4. The zero-order chi connectivity index (χ0) is 8.55. The van der Waals surface area contributed by atoms with Crippen molar-refractivity contribution in [3.05, 3.63) is 32.9 Å². The fourth-order valence-electron chi connectivity index (χ4n) is 0.912. The van der Waals surface area contributed by atoms with Gasteiger partial charge in [0.25, 0.3) is 0 Å². The van der Waals surface area contributed by atoms with Crippen molar-refractivity contribution in [3.63, 3.8) is 0 Å². The molecule has 4 heteroatoms. The van der Waals surface area contributed by atoms with Crippen molar-refractivity contribution >= 4 is 45.9 Å². The minimum absolute atomic E-state index is 0.782. The van der Waals surface area contributed by atoms with E-state index in [1.54, 1.807) is 22.7 Å². The molecule has 0 aliphatic rings. The summed E-state index contributed by atoms with van der Waals surface area (Å²) in [6, 6.07) is 3.77. The lowest BCUT2D eigenvalue weighted by molar-refractivity contribution is 1.92. The summed E-state index contributed by atoms with van der Waals surface area (Å²) in [5, 5.41) is 5.50. The van der Waals surface area contributed by atoms with E-state index in [0.29, 0.717) is 0 Å². The molecule has 62 valence electrons. The van der Waals surface area contributed by atoms with Gasteiger partial charge >= 0.3 is 0 Å². The van der Waals surface area contributed by atoms with Gasteiger partial charge in [0.1, 0.15) is 0 Å². The standard InChI is InChI=1S/C8H4Cl2S2/c9-5-1-3-11-7(5)8-6(10)2-4-12-8/h1-4H. The molecule has 0 amide bonds. The van der Waals surface area contributed by atoms with Crippen LogP contribution >= 0.6 is 45.9 Å². The number of thiophene rings is 2. The van der Waals surface area contributed by atoms with Crippen LogP contribution in [-0.2, 0) is 0 Å². The quantitative estimate of drug-likeness (QED) is 0.667. The van der Waals surface area contributed by atoms with E-state index in [-0.39, 0.29) is 0 Å². The molecule has 2 rings (SSSR count). The molecule has 0 N–H and O–H groups in total. The Bertz CT molecular complexity index is 351. The van der Waals surface area contributed by atoms with Gasteiger partial charge in [-0.15, -0.1) is 22.7 Å². The number of hydrogen-bond acceptors (Lipinski definition) is 2. The molecule has 0 nitrogen and oxygen atoms in total. The number of rotatable bonds is 1. The summed E-state index contributed by atoms with van der Waals surface area (Å²) in [6.07, 6.45) is 0. The van der Waals surface area contributed by atoms with Gasteiger partial charge in [0.2, 0.25) is 0 Å². The molecule has 0 aliphatic carbocycles. The Morgan fingerprint density at radius 2 is 1.25 bits per heavy atom. The third-order valence-electron chi connectivity index (χ3n) is 1.44. The van der Waals surface area contributed by atoms with Gasteiger partial charge < -0.3 is 0 Å². The lowest BCUT2D eigenvalue weighted by Crippen LogP contribution is -1.64. The summed E-state index contributed by atoms with van der Waals surface area (Å²) in [5.74, 6) is 0. The molecule has 0 aromatic carbocycles. The van der Waals surface area contributed by atoms with Crippen LogP contribution in [0.3, 0.4) is 0 Å². The van der Waals surface area contributed by atoms with Crippen LogP contribution in [0.5, 0.6) is 0 Å². The summed E-state index contributed by atoms with van der Waals surface area (Å²) in [4.78, 5) is 2.13. The van der Waals surface area contributed by atoms with Crippen molar-refractivity contribution in [2.24, 2.45) is 0 Å². The first kappa shape index (κ1) is 8.57. The van der Waals surface area contributed by atoms with E-state index < -0.39 is 0 Å². The number of hydrogen-bond donors (Lipinski definition) is 0. The molecule has 0 atom stereocenters. The Morgan fingerprint density at radius 1 is 0.833 bits per heavy atom.